The molecule has 1 amide bonds. The molecule has 2 rings (SSSR count). The van der Waals surface area contributed by atoms with Crippen LogP contribution in [-0.2, 0) is 14.8 Å². The van der Waals surface area contributed by atoms with Gasteiger partial charge in [0.15, 0.2) is 0 Å². The second-order valence-corrected chi connectivity index (χ2v) is 8.49. The molecule has 2 aromatic carbocycles. The number of nitrogens with zero attached hydrogens (tertiary/aromatic N) is 1. The van der Waals surface area contributed by atoms with Gasteiger partial charge in [0.25, 0.3) is 0 Å². The minimum Gasteiger partial charge on any atom is -0.497 e. The molecule has 0 unspecified atom stereocenters. The van der Waals surface area contributed by atoms with Gasteiger partial charge in [-0.1, -0.05) is 23.7 Å². The molecule has 1 atom stereocenters. The first-order valence-electron chi connectivity index (χ1n) is 8.40. The van der Waals surface area contributed by atoms with E-state index in [0.717, 1.165) is 16.1 Å². The number of anilines is 1. The van der Waals surface area contributed by atoms with Crippen LogP contribution in [0.4, 0.5) is 5.69 Å². The molecular formula is C19H23ClN2O5S. The van der Waals surface area contributed by atoms with Crippen LogP contribution in [0.15, 0.2) is 42.5 Å². The molecule has 0 radical (unpaired) electrons. The Hall–Kier alpha value is -2.45. The van der Waals surface area contributed by atoms with Crippen LogP contribution in [0.2, 0.25) is 5.02 Å². The molecule has 28 heavy (non-hydrogen) atoms. The Balaban J connectivity index is 2.21. The highest BCUT2D eigenvalue weighted by molar-refractivity contribution is 7.92. The second-order valence-electron chi connectivity index (χ2n) is 6.15. The molecular weight excluding hydrogens is 404 g/mol. The van der Waals surface area contributed by atoms with Crippen LogP contribution in [0.3, 0.4) is 0 Å². The molecule has 0 bridgehead atoms. The Bertz CT molecular complexity index is 932. The lowest BCUT2D eigenvalue weighted by atomic mass is 10.1. The number of rotatable bonds is 8. The maximum Gasteiger partial charge on any atom is 0.241 e. The smallest absolute Gasteiger partial charge is 0.241 e. The average Bonchev–Trinajstić information content (AvgIpc) is 2.65. The van der Waals surface area contributed by atoms with Gasteiger partial charge in [-0.15, -0.1) is 0 Å². The Morgan fingerprint density at radius 3 is 2.32 bits per heavy atom. The Morgan fingerprint density at radius 2 is 1.79 bits per heavy atom. The van der Waals surface area contributed by atoms with E-state index in [9.17, 15) is 13.2 Å². The van der Waals surface area contributed by atoms with E-state index in [1.165, 1.54) is 13.2 Å². The summed E-state index contributed by atoms with van der Waals surface area (Å²) in [6, 6.07) is 11.5. The number of benzene rings is 2. The molecule has 0 saturated carbocycles. The monoisotopic (exact) mass is 426 g/mol. The first-order chi connectivity index (χ1) is 13.2. The van der Waals surface area contributed by atoms with Gasteiger partial charge >= 0.3 is 0 Å². The Kier molecular flexibility index (Phi) is 7.15. The maximum atomic E-state index is 12.5. The van der Waals surface area contributed by atoms with Gasteiger partial charge in [0, 0.05) is 5.02 Å². The van der Waals surface area contributed by atoms with Crippen molar-refractivity contribution in [3.63, 3.8) is 0 Å². The molecule has 0 aliphatic heterocycles. The van der Waals surface area contributed by atoms with Crippen LogP contribution in [-0.4, -0.2) is 41.3 Å². The van der Waals surface area contributed by atoms with Crippen LogP contribution in [0.1, 0.15) is 18.5 Å². The third kappa shape index (κ3) is 5.53. The molecule has 7 nitrogen and oxygen atoms in total. The minimum atomic E-state index is -3.75. The van der Waals surface area contributed by atoms with Gasteiger partial charge in [-0.3, -0.25) is 9.10 Å². The van der Waals surface area contributed by atoms with Gasteiger partial charge in [0.2, 0.25) is 15.9 Å². The van der Waals surface area contributed by atoms with E-state index in [-0.39, 0.29) is 11.7 Å². The van der Waals surface area contributed by atoms with Gasteiger partial charge in [0.1, 0.15) is 18.0 Å². The van der Waals surface area contributed by atoms with E-state index < -0.39 is 22.5 Å². The molecule has 1 N–H and O–H groups in total. The van der Waals surface area contributed by atoms with Gasteiger partial charge in [-0.25, -0.2) is 8.42 Å². The van der Waals surface area contributed by atoms with Gasteiger partial charge in [-0.05, 0) is 42.8 Å². The largest absolute Gasteiger partial charge is 0.497 e. The van der Waals surface area contributed by atoms with E-state index in [4.69, 9.17) is 21.1 Å². The molecule has 0 heterocycles. The minimum absolute atomic E-state index is 0.199. The lowest BCUT2D eigenvalue weighted by Gasteiger charge is -2.25. The molecule has 0 saturated heterocycles. The number of hydrogen-bond acceptors (Lipinski definition) is 5. The summed E-state index contributed by atoms with van der Waals surface area (Å²) in [5, 5.41) is 3.13. The summed E-state index contributed by atoms with van der Waals surface area (Å²) in [4.78, 5) is 12.5. The number of nitrogens with one attached hydrogen (secondary N) is 1. The summed E-state index contributed by atoms with van der Waals surface area (Å²) in [6.07, 6.45) is 1.02. The van der Waals surface area contributed by atoms with Crippen molar-refractivity contribution < 1.29 is 22.7 Å². The van der Waals surface area contributed by atoms with E-state index in [0.29, 0.717) is 16.5 Å². The van der Waals surface area contributed by atoms with Crippen molar-refractivity contribution in [2.45, 2.75) is 13.0 Å². The zero-order valence-corrected chi connectivity index (χ0v) is 17.7. The first kappa shape index (κ1) is 21.8. The standard InChI is InChI=1S/C19H23ClN2O5S/c1-13(14-5-8-16(26-2)9-6-14)21-19(23)12-22(28(4,24)25)17-11-15(20)7-10-18(17)27-3/h5-11,13H,12H2,1-4H3,(H,21,23)/t13-/m0/s1. The lowest BCUT2D eigenvalue weighted by Crippen LogP contribution is -2.41. The van der Waals surface area contributed by atoms with Crippen molar-refractivity contribution in [1.29, 1.82) is 0 Å². The Morgan fingerprint density at radius 1 is 1.14 bits per heavy atom. The topological polar surface area (TPSA) is 84.9 Å². The van der Waals surface area contributed by atoms with Gasteiger partial charge in [0.05, 0.1) is 32.2 Å². The van der Waals surface area contributed by atoms with E-state index in [1.54, 1.807) is 31.4 Å². The fourth-order valence-corrected chi connectivity index (χ4v) is 3.65. The molecule has 152 valence electrons. The summed E-state index contributed by atoms with van der Waals surface area (Å²) >= 11 is 6.01. The van der Waals surface area contributed by atoms with Crippen LogP contribution in [0.25, 0.3) is 0 Å². The van der Waals surface area contributed by atoms with Crippen molar-refractivity contribution in [3.8, 4) is 11.5 Å². The number of carbonyl (C=O) groups is 1. The number of carbonyl (C=O) groups excluding carboxylic acids is 1. The maximum absolute atomic E-state index is 12.5. The van der Waals surface area contributed by atoms with Crippen molar-refractivity contribution in [1.82, 2.24) is 5.32 Å². The van der Waals surface area contributed by atoms with Crippen molar-refractivity contribution in [2.75, 3.05) is 31.3 Å². The summed E-state index contributed by atoms with van der Waals surface area (Å²) < 4.78 is 35.9. The number of sulfonamides is 1. The van der Waals surface area contributed by atoms with Crippen LogP contribution >= 0.6 is 11.6 Å². The molecule has 0 aliphatic carbocycles. The van der Waals surface area contributed by atoms with Crippen LogP contribution < -0.4 is 19.1 Å². The number of ether oxygens (including phenoxy) is 2. The van der Waals surface area contributed by atoms with E-state index in [2.05, 4.69) is 5.32 Å². The van der Waals surface area contributed by atoms with Gasteiger partial charge < -0.3 is 14.8 Å². The highest BCUT2D eigenvalue weighted by Crippen LogP contribution is 2.32. The third-order valence-electron chi connectivity index (χ3n) is 4.09. The zero-order valence-electron chi connectivity index (χ0n) is 16.1. The van der Waals surface area contributed by atoms with Crippen molar-refractivity contribution in [2.24, 2.45) is 0 Å². The first-order valence-corrected chi connectivity index (χ1v) is 10.6. The number of hydrogen-bond donors (Lipinski definition) is 1. The van der Waals surface area contributed by atoms with E-state index >= 15 is 0 Å². The van der Waals surface area contributed by atoms with Crippen molar-refractivity contribution >= 4 is 33.2 Å². The number of methoxy groups -OCH3 is 2. The molecule has 2 aromatic rings. The SMILES string of the molecule is COc1ccc([C@H](C)NC(=O)CN(c2cc(Cl)ccc2OC)S(C)(=O)=O)cc1. The number of amides is 1. The zero-order chi connectivity index (χ0) is 20.9. The quantitative estimate of drug-likeness (QED) is 0.701. The average molecular weight is 427 g/mol. The highest BCUT2D eigenvalue weighted by atomic mass is 35.5. The molecule has 0 aliphatic rings. The highest BCUT2D eigenvalue weighted by Gasteiger charge is 2.25. The fourth-order valence-electron chi connectivity index (χ4n) is 2.63. The summed E-state index contributed by atoms with van der Waals surface area (Å²) in [5.74, 6) is 0.542. The predicted octanol–water partition coefficient (Wildman–Crippen LogP) is 3.00. The van der Waals surface area contributed by atoms with E-state index in [1.807, 2.05) is 19.1 Å². The molecule has 0 spiro atoms. The second kappa shape index (κ2) is 9.16. The molecule has 0 aromatic heterocycles. The summed E-state index contributed by atoms with van der Waals surface area (Å²) in [6.45, 7) is 1.40. The summed E-state index contributed by atoms with van der Waals surface area (Å²) in [5.41, 5.74) is 1.06. The van der Waals surface area contributed by atoms with Gasteiger partial charge in [-0.2, -0.15) is 0 Å². The third-order valence-corrected chi connectivity index (χ3v) is 5.45. The predicted molar refractivity (Wildman–Crippen MR) is 110 cm³/mol. The normalized spacial score (nSPS) is 12.2. The number of halogens is 1. The van der Waals surface area contributed by atoms with Crippen molar-refractivity contribution in [3.05, 3.63) is 53.1 Å². The molecule has 0 fully saturated rings. The fraction of sp³-hybridized carbons (Fsp3) is 0.316. The summed E-state index contributed by atoms with van der Waals surface area (Å²) in [7, 11) is -0.765. The van der Waals surface area contributed by atoms with Crippen LogP contribution in [0, 0.1) is 0 Å². The lowest BCUT2D eigenvalue weighted by molar-refractivity contribution is -0.120. The van der Waals surface area contributed by atoms with Crippen LogP contribution in [0.5, 0.6) is 11.5 Å². The Labute approximate surface area is 170 Å². The molecule has 9 heteroatoms.